The molecule has 2 aliphatic heterocycles. The third-order valence-electron chi connectivity index (χ3n) is 6.49. The van der Waals surface area contributed by atoms with Crippen LogP contribution >= 0.6 is 23.2 Å². The van der Waals surface area contributed by atoms with Crippen LogP contribution in [0.3, 0.4) is 0 Å². The minimum Gasteiger partial charge on any atom is -0.491 e. The molecule has 0 spiro atoms. The molecule has 0 radical (unpaired) electrons. The first kappa shape index (κ1) is 21.2. The molecule has 0 N–H and O–H groups in total. The lowest BCUT2D eigenvalue weighted by molar-refractivity contribution is -0.121. The van der Waals surface area contributed by atoms with Gasteiger partial charge in [0.05, 0.1) is 23.3 Å². The van der Waals surface area contributed by atoms with Crippen molar-refractivity contribution < 1.29 is 9.47 Å². The van der Waals surface area contributed by atoms with E-state index in [0.29, 0.717) is 28.5 Å². The standard InChI is InChI=1S/C22H33Cl2NO2/c1-16-6-5-11-25(13-16)14-18-9-10-22(4,27-18)21(2,3)15-26-20-8-7-17(23)12-19(20)24/h7-8,12,16,18H,5-6,9-11,13-15H2,1-4H3. The normalized spacial score (nSPS) is 29.9. The Bertz CT molecular complexity index is 651. The van der Waals surface area contributed by atoms with Crippen LogP contribution in [0.2, 0.25) is 10.0 Å². The van der Waals surface area contributed by atoms with Gasteiger partial charge in [0, 0.05) is 23.5 Å². The van der Waals surface area contributed by atoms with Crippen LogP contribution in [0, 0.1) is 11.3 Å². The van der Waals surface area contributed by atoms with Crippen molar-refractivity contribution >= 4 is 23.2 Å². The molecule has 2 fully saturated rings. The predicted molar refractivity (Wildman–Crippen MR) is 113 cm³/mol. The fourth-order valence-corrected chi connectivity index (χ4v) is 4.76. The van der Waals surface area contributed by atoms with E-state index in [2.05, 4.69) is 32.6 Å². The van der Waals surface area contributed by atoms with Crippen LogP contribution in [-0.4, -0.2) is 42.8 Å². The molecule has 0 aliphatic carbocycles. The molecule has 1 aromatic carbocycles. The Labute approximate surface area is 174 Å². The van der Waals surface area contributed by atoms with E-state index in [-0.39, 0.29) is 11.0 Å². The van der Waals surface area contributed by atoms with Crippen molar-refractivity contribution in [2.24, 2.45) is 11.3 Å². The molecule has 0 bridgehead atoms. The van der Waals surface area contributed by atoms with Crippen molar-refractivity contribution in [1.82, 2.24) is 4.90 Å². The SMILES string of the molecule is CC1CCCN(CC2CCC(C)(C(C)(C)COc3ccc(Cl)cc3Cl)O2)C1. The highest BCUT2D eigenvalue weighted by atomic mass is 35.5. The summed E-state index contributed by atoms with van der Waals surface area (Å²) in [6.07, 6.45) is 5.17. The highest BCUT2D eigenvalue weighted by Crippen LogP contribution is 2.45. The fourth-order valence-electron chi connectivity index (χ4n) is 4.29. The van der Waals surface area contributed by atoms with Gasteiger partial charge >= 0.3 is 0 Å². The summed E-state index contributed by atoms with van der Waals surface area (Å²) in [7, 11) is 0. The van der Waals surface area contributed by atoms with Gasteiger partial charge in [-0.3, -0.25) is 0 Å². The van der Waals surface area contributed by atoms with Crippen molar-refractivity contribution in [2.45, 2.75) is 65.1 Å². The number of nitrogens with zero attached hydrogens (tertiary/aromatic N) is 1. The molecule has 0 amide bonds. The van der Waals surface area contributed by atoms with E-state index in [4.69, 9.17) is 32.7 Å². The van der Waals surface area contributed by atoms with Crippen molar-refractivity contribution in [3.05, 3.63) is 28.2 Å². The summed E-state index contributed by atoms with van der Waals surface area (Å²) in [5.41, 5.74) is -0.322. The van der Waals surface area contributed by atoms with Crippen LogP contribution < -0.4 is 4.74 Å². The largest absolute Gasteiger partial charge is 0.491 e. The van der Waals surface area contributed by atoms with Crippen LogP contribution in [0.15, 0.2) is 18.2 Å². The van der Waals surface area contributed by atoms with Crippen LogP contribution in [-0.2, 0) is 4.74 Å². The monoisotopic (exact) mass is 413 g/mol. The van der Waals surface area contributed by atoms with E-state index in [0.717, 1.165) is 25.3 Å². The molecule has 3 rings (SSSR count). The van der Waals surface area contributed by atoms with Crippen molar-refractivity contribution in [3.8, 4) is 5.75 Å². The minimum atomic E-state index is -0.196. The summed E-state index contributed by atoms with van der Waals surface area (Å²) >= 11 is 12.2. The number of rotatable bonds is 6. The van der Waals surface area contributed by atoms with Gasteiger partial charge in [0.2, 0.25) is 0 Å². The number of benzene rings is 1. The van der Waals surface area contributed by atoms with Crippen molar-refractivity contribution in [3.63, 3.8) is 0 Å². The van der Waals surface area contributed by atoms with Gasteiger partial charge in [0.1, 0.15) is 5.75 Å². The molecule has 5 heteroatoms. The Balaban J connectivity index is 1.57. The average Bonchev–Trinajstić information content (AvgIpc) is 2.97. The maximum atomic E-state index is 6.61. The van der Waals surface area contributed by atoms with E-state index in [1.54, 1.807) is 12.1 Å². The molecule has 0 aromatic heterocycles. The Morgan fingerprint density at radius 1 is 1.30 bits per heavy atom. The number of halogens is 2. The molecular formula is C22H33Cl2NO2. The lowest BCUT2D eigenvalue weighted by Gasteiger charge is -2.41. The summed E-state index contributed by atoms with van der Waals surface area (Å²) in [5.74, 6) is 1.48. The van der Waals surface area contributed by atoms with Crippen LogP contribution in [0.25, 0.3) is 0 Å². The lowest BCUT2D eigenvalue weighted by atomic mass is 9.75. The molecule has 3 atom stereocenters. The second-order valence-corrected chi connectivity index (χ2v) is 10.1. The summed E-state index contributed by atoms with van der Waals surface area (Å²) in [5, 5.41) is 1.17. The zero-order valence-corrected chi connectivity index (χ0v) is 18.6. The van der Waals surface area contributed by atoms with E-state index >= 15 is 0 Å². The first-order valence-electron chi connectivity index (χ1n) is 10.2. The third-order valence-corrected chi connectivity index (χ3v) is 7.02. The van der Waals surface area contributed by atoms with Crippen molar-refractivity contribution in [1.29, 1.82) is 0 Å². The Hall–Kier alpha value is -0.480. The van der Waals surface area contributed by atoms with E-state index in [9.17, 15) is 0 Å². The zero-order chi connectivity index (χ0) is 19.7. The second-order valence-electron chi connectivity index (χ2n) is 9.26. The quantitative estimate of drug-likeness (QED) is 0.564. The van der Waals surface area contributed by atoms with E-state index in [1.165, 1.54) is 25.9 Å². The van der Waals surface area contributed by atoms with Crippen LogP contribution in [0.4, 0.5) is 0 Å². The maximum absolute atomic E-state index is 6.61. The number of hydrogen-bond donors (Lipinski definition) is 0. The smallest absolute Gasteiger partial charge is 0.138 e. The number of piperidine rings is 1. The van der Waals surface area contributed by atoms with Gasteiger partial charge in [0.25, 0.3) is 0 Å². The Morgan fingerprint density at radius 3 is 2.78 bits per heavy atom. The lowest BCUT2D eigenvalue weighted by Crippen LogP contribution is -2.47. The zero-order valence-electron chi connectivity index (χ0n) is 17.1. The molecule has 27 heavy (non-hydrogen) atoms. The molecule has 152 valence electrons. The van der Waals surface area contributed by atoms with Gasteiger partial charge in [-0.2, -0.15) is 0 Å². The molecule has 2 saturated heterocycles. The second kappa shape index (κ2) is 8.49. The minimum absolute atomic E-state index is 0.125. The average molecular weight is 414 g/mol. The molecule has 1 aromatic rings. The van der Waals surface area contributed by atoms with Crippen LogP contribution in [0.1, 0.15) is 53.4 Å². The summed E-state index contributed by atoms with van der Waals surface area (Å²) in [6.45, 7) is 13.1. The molecular weight excluding hydrogens is 381 g/mol. The molecule has 3 nitrogen and oxygen atoms in total. The van der Waals surface area contributed by atoms with Gasteiger partial charge in [-0.25, -0.2) is 0 Å². The highest BCUT2D eigenvalue weighted by molar-refractivity contribution is 6.35. The fraction of sp³-hybridized carbons (Fsp3) is 0.727. The Morgan fingerprint density at radius 2 is 2.07 bits per heavy atom. The third kappa shape index (κ3) is 5.12. The molecule has 0 saturated carbocycles. The number of likely N-dealkylation sites (tertiary alicyclic amines) is 1. The summed E-state index contributed by atoms with van der Waals surface area (Å²) in [4.78, 5) is 2.58. The van der Waals surface area contributed by atoms with Gasteiger partial charge in [-0.05, 0) is 63.3 Å². The number of ether oxygens (including phenoxy) is 2. The maximum Gasteiger partial charge on any atom is 0.138 e. The Kier molecular flexibility index (Phi) is 6.67. The summed E-state index contributed by atoms with van der Waals surface area (Å²) < 4.78 is 12.7. The van der Waals surface area contributed by atoms with E-state index in [1.807, 2.05) is 6.07 Å². The molecule has 2 aliphatic rings. The van der Waals surface area contributed by atoms with Crippen LogP contribution in [0.5, 0.6) is 5.75 Å². The molecule has 3 unspecified atom stereocenters. The van der Waals surface area contributed by atoms with Gasteiger partial charge < -0.3 is 14.4 Å². The first-order chi connectivity index (χ1) is 12.7. The highest BCUT2D eigenvalue weighted by Gasteiger charge is 2.48. The summed E-state index contributed by atoms with van der Waals surface area (Å²) in [6, 6.07) is 5.35. The van der Waals surface area contributed by atoms with Gasteiger partial charge in [-0.15, -0.1) is 0 Å². The number of hydrogen-bond acceptors (Lipinski definition) is 3. The first-order valence-corrected chi connectivity index (χ1v) is 10.9. The predicted octanol–water partition coefficient (Wildman–Crippen LogP) is 6.07. The van der Waals surface area contributed by atoms with Crippen molar-refractivity contribution in [2.75, 3.05) is 26.2 Å². The topological polar surface area (TPSA) is 21.7 Å². The van der Waals surface area contributed by atoms with Gasteiger partial charge in [-0.1, -0.05) is 44.0 Å². The van der Waals surface area contributed by atoms with E-state index < -0.39 is 0 Å². The van der Waals surface area contributed by atoms with Gasteiger partial charge in [0.15, 0.2) is 0 Å². The molecule has 2 heterocycles.